The Balaban J connectivity index is 2.16. The number of aliphatic hydroxyl groups excluding tert-OH is 1. The van der Waals surface area contributed by atoms with Gasteiger partial charge in [-0.15, -0.1) is 0 Å². The fourth-order valence-electron chi connectivity index (χ4n) is 2.41. The van der Waals surface area contributed by atoms with Crippen LogP contribution in [-0.4, -0.2) is 53.3 Å². The van der Waals surface area contributed by atoms with Crippen LogP contribution in [0.5, 0.6) is 0 Å². The molecular formula is C16H21ClN2O4. The molecule has 0 saturated carbocycles. The highest BCUT2D eigenvalue weighted by atomic mass is 35.5. The van der Waals surface area contributed by atoms with E-state index in [-0.39, 0.29) is 25.6 Å². The number of piperazine rings is 1. The van der Waals surface area contributed by atoms with Crippen molar-refractivity contribution < 1.29 is 19.4 Å². The minimum Gasteiger partial charge on any atom is -0.444 e. The molecule has 1 atom stereocenters. The Bertz CT molecular complexity index is 583. The largest absolute Gasteiger partial charge is 0.444 e. The van der Waals surface area contributed by atoms with Gasteiger partial charge in [0, 0.05) is 17.3 Å². The first-order valence-corrected chi connectivity index (χ1v) is 7.75. The van der Waals surface area contributed by atoms with Crippen LogP contribution < -0.4 is 4.90 Å². The second kappa shape index (κ2) is 6.76. The van der Waals surface area contributed by atoms with E-state index in [4.69, 9.17) is 16.3 Å². The predicted molar refractivity (Wildman–Crippen MR) is 87.6 cm³/mol. The lowest BCUT2D eigenvalue weighted by Gasteiger charge is -2.40. The van der Waals surface area contributed by atoms with Crippen LogP contribution in [-0.2, 0) is 9.53 Å². The first-order chi connectivity index (χ1) is 10.7. The first-order valence-electron chi connectivity index (χ1n) is 7.37. The fourth-order valence-corrected chi connectivity index (χ4v) is 2.53. The molecule has 7 heteroatoms. The Morgan fingerprint density at radius 1 is 1.35 bits per heavy atom. The van der Waals surface area contributed by atoms with Crippen molar-refractivity contribution in [3.63, 3.8) is 0 Å². The Labute approximate surface area is 140 Å². The molecule has 6 nitrogen and oxygen atoms in total. The molecule has 1 aliphatic rings. The van der Waals surface area contributed by atoms with Gasteiger partial charge in [-0.1, -0.05) is 11.6 Å². The van der Waals surface area contributed by atoms with Crippen LogP contribution in [0.25, 0.3) is 0 Å². The van der Waals surface area contributed by atoms with Crippen molar-refractivity contribution in [1.29, 1.82) is 0 Å². The van der Waals surface area contributed by atoms with Crippen molar-refractivity contribution in [3.8, 4) is 0 Å². The number of benzene rings is 1. The molecule has 0 radical (unpaired) electrons. The van der Waals surface area contributed by atoms with Gasteiger partial charge in [0.1, 0.15) is 12.1 Å². The number of carbonyl (C=O) groups excluding carboxylic acids is 2. The summed E-state index contributed by atoms with van der Waals surface area (Å²) in [5.41, 5.74) is 0.00426. The summed E-state index contributed by atoms with van der Waals surface area (Å²) in [6.07, 6.45) is -0.556. The molecule has 1 aromatic rings. The van der Waals surface area contributed by atoms with Crippen molar-refractivity contribution in [3.05, 3.63) is 29.3 Å². The summed E-state index contributed by atoms with van der Waals surface area (Å²) in [5.74, 6) is -0.275. The molecule has 2 amide bonds. The summed E-state index contributed by atoms with van der Waals surface area (Å²) in [7, 11) is 0. The smallest absolute Gasteiger partial charge is 0.410 e. The van der Waals surface area contributed by atoms with Crippen LogP contribution >= 0.6 is 11.6 Å². The predicted octanol–water partition coefficient (Wildman–Crippen LogP) is 2.28. The second-order valence-corrected chi connectivity index (χ2v) is 6.87. The van der Waals surface area contributed by atoms with E-state index in [1.54, 1.807) is 45.0 Å². The zero-order valence-electron chi connectivity index (χ0n) is 13.5. The molecule has 0 unspecified atom stereocenters. The van der Waals surface area contributed by atoms with Gasteiger partial charge in [-0.3, -0.25) is 9.69 Å². The zero-order valence-corrected chi connectivity index (χ0v) is 14.2. The van der Waals surface area contributed by atoms with Crippen LogP contribution in [0.4, 0.5) is 10.5 Å². The lowest BCUT2D eigenvalue weighted by atomic mass is 10.1. The summed E-state index contributed by atoms with van der Waals surface area (Å²) >= 11 is 5.86. The molecule has 1 N–H and O–H groups in total. The molecule has 23 heavy (non-hydrogen) atoms. The van der Waals surface area contributed by atoms with Crippen LogP contribution in [0.3, 0.4) is 0 Å². The summed E-state index contributed by atoms with van der Waals surface area (Å²) < 4.78 is 5.29. The lowest BCUT2D eigenvalue weighted by Crippen LogP contribution is -2.60. The quantitative estimate of drug-likeness (QED) is 0.896. The van der Waals surface area contributed by atoms with Gasteiger partial charge in [0.15, 0.2) is 0 Å². The Kier molecular flexibility index (Phi) is 5.16. The molecule has 1 fully saturated rings. The number of aliphatic hydroxyl groups is 1. The average Bonchev–Trinajstić information content (AvgIpc) is 2.46. The molecule has 126 valence electrons. The van der Waals surface area contributed by atoms with E-state index in [0.29, 0.717) is 10.7 Å². The number of ether oxygens (including phenoxy) is 1. The normalized spacial score (nSPS) is 19.0. The molecular weight excluding hydrogens is 320 g/mol. The third-order valence-corrected chi connectivity index (χ3v) is 3.61. The molecule has 1 saturated heterocycles. The molecule has 0 aromatic heterocycles. The maximum absolute atomic E-state index is 12.5. The molecule has 1 aromatic carbocycles. The van der Waals surface area contributed by atoms with E-state index >= 15 is 0 Å². The summed E-state index contributed by atoms with van der Waals surface area (Å²) in [5, 5.41) is 10.2. The van der Waals surface area contributed by atoms with Crippen molar-refractivity contribution in [2.24, 2.45) is 0 Å². The number of halogens is 1. The van der Waals surface area contributed by atoms with Gasteiger partial charge in [-0.2, -0.15) is 0 Å². The van der Waals surface area contributed by atoms with Gasteiger partial charge in [-0.05, 0) is 45.0 Å². The molecule has 0 bridgehead atoms. The average molecular weight is 341 g/mol. The van der Waals surface area contributed by atoms with E-state index in [2.05, 4.69) is 0 Å². The lowest BCUT2D eigenvalue weighted by molar-refractivity contribution is -0.122. The Hall–Kier alpha value is -1.79. The van der Waals surface area contributed by atoms with Gasteiger partial charge in [0.25, 0.3) is 0 Å². The van der Waals surface area contributed by atoms with Gasteiger partial charge in [0.05, 0.1) is 12.6 Å². The minimum absolute atomic E-state index is 0.0892. The van der Waals surface area contributed by atoms with Crippen LogP contribution in [0.1, 0.15) is 20.8 Å². The number of carbonyl (C=O) groups is 2. The van der Waals surface area contributed by atoms with Gasteiger partial charge in [-0.25, -0.2) is 4.79 Å². The van der Waals surface area contributed by atoms with E-state index in [1.165, 1.54) is 9.80 Å². The van der Waals surface area contributed by atoms with Crippen molar-refractivity contribution >= 4 is 29.3 Å². The highest BCUT2D eigenvalue weighted by molar-refractivity contribution is 6.30. The highest BCUT2D eigenvalue weighted by Gasteiger charge is 2.36. The molecule has 2 rings (SSSR count). The fraction of sp³-hybridized carbons (Fsp3) is 0.500. The van der Waals surface area contributed by atoms with Crippen LogP contribution in [0.15, 0.2) is 24.3 Å². The van der Waals surface area contributed by atoms with E-state index in [9.17, 15) is 14.7 Å². The number of hydrogen-bond donors (Lipinski definition) is 1. The SMILES string of the molecule is CC(C)(C)OC(=O)N1CC(=O)N(c2ccc(Cl)cc2)[C@H](CO)C1. The molecule has 1 heterocycles. The maximum Gasteiger partial charge on any atom is 0.410 e. The second-order valence-electron chi connectivity index (χ2n) is 6.44. The third-order valence-electron chi connectivity index (χ3n) is 3.36. The monoisotopic (exact) mass is 340 g/mol. The van der Waals surface area contributed by atoms with Crippen molar-refractivity contribution in [1.82, 2.24) is 4.90 Å². The van der Waals surface area contributed by atoms with E-state index in [1.807, 2.05) is 0 Å². The number of nitrogens with zero attached hydrogens (tertiary/aromatic N) is 2. The summed E-state index contributed by atoms with van der Waals surface area (Å²) in [6.45, 7) is 5.15. The van der Waals surface area contributed by atoms with Gasteiger partial charge < -0.3 is 14.7 Å². The molecule has 1 aliphatic heterocycles. The van der Waals surface area contributed by atoms with Crippen molar-refractivity contribution in [2.75, 3.05) is 24.6 Å². The molecule has 0 aliphatic carbocycles. The topological polar surface area (TPSA) is 70.1 Å². The molecule has 0 spiro atoms. The van der Waals surface area contributed by atoms with Crippen LogP contribution in [0, 0.1) is 0 Å². The van der Waals surface area contributed by atoms with Crippen LogP contribution in [0.2, 0.25) is 5.02 Å². The third kappa shape index (κ3) is 4.36. The van der Waals surface area contributed by atoms with Gasteiger partial charge in [0.2, 0.25) is 5.91 Å². The Morgan fingerprint density at radius 2 is 1.96 bits per heavy atom. The van der Waals surface area contributed by atoms with E-state index in [0.717, 1.165) is 0 Å². The standard InChI is InChI=1S/C16H21ClN2O4/c1-16(2,3)23-15(22)18-8-13(10-20)19(14(21)9-18)12-6-4-11(17)5-7-12/h4-7,13,20H,8-10H2,1-3H3/t13-/m0/s1. The summed E-state index contributed by atoms with van der Waals surface area (Å²) in [6, 6.07) is 6.26. The number of rotatable bonds is 2. The zero-order chi connectivity index (χ0) is 17.2. The van der Waals surface area contributed by atoms with E-state index < -0.39 is 17.7 Å². The minimum atomic E-state index is -0.637. The number of anilines is 1. The maximum atomic E-state index is 12.5. The number of hydrogen-bond acceptors (Lipinski definition) is 4. The Morgan fingerprint density at radius 3 is 2.48 bits per heavy atom. The highest BCUT2D eigenvalue weighted by Crippen LogP contribution is 2.24. The summed E-state index contributed by atoms with van der Waals surface area (Å²) in [4.78, 5) is 27.4. The first kappa shape index (κ1) is 17.6. The number of amides is 2. The van der Waals surface area contributed by atoms with Gasteiger partial charge >= 0.3 is 6.09 Å². The van der Waals surface area contributed by atoms with Crippen molar-refractivity contribution in [2.45, 2.75) is 32.4 Å².